The molecule has 0 aliphatic carbocycles. The van der Waals surface area contributed by atoms with Crippen LogP contribution in [0.5, 0.6) is 0 Å². The molecule has 1 aliphatic heterocycles. The second kappa shape index (κ2) is 5.45. The third kappa shape index (κ3) is 2.95. The minimum atomic E-state index is 0.0229. The fourth-order valence-electron chi connectivity index (χ4n) is 2.37. The van der Waals surface area contributed by atoms with Gasteiger partial charge >= 0.3 is 0 Å². The Balaban J connectivity index is 2.09. The molecule has 1 unspecified atom stereocenters. The van der Waals surface area contributed by atoms with Crippen molar-refractivity contribution >= 4 is 21.8 Å². The first kappa shape index (κ1) is 13.6. The van der Waals surface area contributed by atoms with Crippen molar-refractivity contribution in [1.82, 2.24) is 14.8 Å². The summed E-state index contributed by atoms with van der Waals surface area (Å²) in [5.74, 6) is 0.0229. The molecular weight excluding hydrogens is 294 g/mol. The quantitative estimate of drug-likeness (QED) is 0.929. The van der Waals surface area contributed by atoms with Gasteiger partial charge in [-0.1, -0.05) is 0 Å². The molecule has 5 heteroatoms. The Morgan fingerprint density at radius 2 is 2.28 bits per heavy atom. The van der Waals surface area contributed by atoms with E-state index < -0.39 is 0 Å². The van der Waals surface area contributed by atoms with Crippen LogP contribution in [0.25, 0.3) is 0 Å². The van der Waals surface area contributed by atoms with E-state index in [0.717, 1.165) is 29.7 Å². The molecule has 1 fully saturated rings. The second-order valence-electron chi connectivity index (χ2n) is 5.27. The van der Waals surface area contributed by atoms with E-state index >= 15 is 0 Å². The van der Waals surface area contributed by atoms with Crippen LogP contribution in [0.4, 0.5) is 0 Å². The van der Waals surface area contributed by atoms with Crippen LogP contribution < -0.4 is 5.32 Å². The van der Waals surface area contributed by atoms with Crippen LogP contribution in [0.1, 0.15) is 36.8 Å². The molecule has 0 saturated carbocycles. The van der Waals surface area contributed by atoms with Gasteiger partial charge in [-0.25, -0.2) is 0 Å². The minimum absolute atomic E-state index is 0.0229. The lowest BCUT2D eigenvalue weighted by molar-refractivity contribution is 0.0927. The number of aromatic nitrogens is 1. The number of amides is 1. The maximum atomic E-state index is 12.3. The second-order valence-corrected chi connectivity index (χ2v) is 6.18. The third-order valence-corrected chi connectivity index (χ3v) is 3.76. The smallest absolute Gasteiger partial charge is 0.268 e. The number of halogens is 1. The molecule has 4 nitrogen and oxygen atoms in total. The molecule has 1 aromatic heterocycles. The molecule has 0 spiro atoms. The van der Waals surface area contributed by atoms with E-state index in [0.29, 0.717) is 0 Å². The van der Waals surface area contributed by atoms with Crippen molar-refractivity contribution in [3.63, 3.8) is 0 Å². The van der Waals surface area contributed by atoms with Gasteiger partial charge in [-0.15, -0.1) is 0 Å². The van der Waals surface area contributed by atoms with E-state index in [2.05, 4.69) is 47.0 Å². The largest absolute Gasteiger partial charge is 0.347 e. The molecular formula is C13H20BrN3O. The summed E-state index contributed by atoms with van der Waals surface area (Å²) in [4.78, 5) is 14.5. The molecule has 1 N–H and O–H groups in total. The number of carbonyl (C=O) groups excluding carboxylic acids is 1. The summed E-state index contributed by atoms with van der Waals surface area (Å²) >= 11 is 3.43. The summed E-state index contributed by atoms with van der Waals surface area (Å²) in [6.07, 6.45) is 2.99. The number of hydrogen-bond donors (Lipinski definition) is 1. The molecule has 18 heavy (non-hydrogen) atoms. The highest BCUT2D eigenvalue weighted by Crippen LogP contribution is 2.19. The Labute approximate surface area is 116 Å². The zero-order valence-electron chi connectivity index (χ0n) is 11.1. The monoisotopic (exact) mass is 313 g/mol. The predicted octanol–water partition coefficient (Wildman–Crippen LogP) is 2.27. The normalized spacial score (nSPS) is 20.6. The van der Waals surface area contributed by atoms with Crippen LogP contribution in [0, 0.1) is 0 Å². The number of nitrogens with one attached hydrogen (secondary N) is 1. The lowest BCUT2D eigenvalue weighted by Gasteiger charge is -2.16. The molecule has 100 valence electrons. The summed E-state index contributed by atoms with van der Waals surface area (Å²) in [6, 6.07) is 2.44. The molecule has 0 bridgehead atoms. The maximum absolute atomic E-state index is 12.3. The van der Waals surface area contributed by atoms with Crippen molar-refractivity contribution < 1.29 is 4.79 Å². The van der Waals surface area contributed by atoms with Crippen molar-refractivity contribution in [1.29, 1.82) is 0 Å². The van der Waals surface area contributed by atoms with Crippen LogP contribution in [0.3, 0.4) is 0 Å². The lowest BCUT2D eigenvalue weighted by atomic mass is 10.2. The topological polar surface area (TPSA) is 37.3 Å². The summed E-state index contributed by atoms with van der Waals surface area (Å²) in [5.41, 5.74) is 0.728. The highest BCUT2D eigenvalue weighted by Gasteiger charge is 2.23. The number of rotatable bonds is 3. The lowest BCUT2D eigenvalue weighted by Crippen LogP contribution is -2.37. The molecule has 1 amide bonds. The van der Waals surface area contributed by atoms with Gasteiger partial charge in [0.2, 0.25) is 0 Å². The Morgan fingerprint density at radius 1 is 1.56 bits per heavy atom. The Kier molecular flexibility index (Phi) is 4.12. The van der Waals surface area contributed by atoms with Crippen molar-refractivity contribution in [3.05, 3.63) is 22.4 Å². The summed E-state index contributed by atoms with van der Waals surface area (Å²) in [7, 11) is 2.08. The number of likely N-dealkylation sites (N-methyl/N-ethyl adjacent to an activating group) is 1. The van der Waals surface area contributed by atoms with Crippen molar-refractivity contribution in [3.8, 4) is 0 Å². The first-order valence-electron chi connectivity index (χ1n) is 6.34. The summed E-state index contributed by atoms with van der Waals surface area (Å²) in [6.45, 7) is 6.15. The van der Waals surface area contributed by atoms with Gasteiger partial charge in [-0.2, -0.15) is 0 Å². The average Bonchev–Trinajstić information content (AvgIpc) is 2.85. The molecule has 0 radical (unpaired) electrons. The van der Waals surface area contributed by atoms with Gasteiger partial charge in [-0.3, -0.25) is 4.79 Å². The van der Waals surface area contributed by atoms with Crippen molar-refractivity contribution in [2.75, 3.05) is 20.1 Å². The molecule has 2 heterocycles. The molecule has 1 aromatic rings. The SMILES string of the molecule is CC(C)n1cc(Br)cc1C(=O)NC1CCN(C)C1. The zero-order valence-corrected chi connectivity index (χ0v) is 12.7. The Morgan fingerprint density at radius 3 is 2.83 bits per heavy atom. The summed E-state index contributed by atoms with van der Waals surface area (Å²) < 4.78 is 2.95. The Hall–Kier alpha value is -0.810. The van der Waals surface area contributed by atoms with E-state index in [1.165, 1.54) is 0 Å². The zero-order chi connectivity index (χ0) is 13.3. The molecule has 1 saturated heterocycles. The highest BCUT2D eigenvalue weighted by molar-refractivity contribution is 9.10. The van der Waals surface area contributed by atoms with Crippen LogP contribution in [-0.2, 0) is 0 Å². The number of nitrogens with zero attached hydrogens (tertiary/aromatic N) is 2. The predicted molar refractivity (Wildman–Crippen MR) is 75.9 cm³/mol. The van der Waals surface area contributed by atoms with Gasteiger partial charge in [0.25, 0.3) is 5.91 Å². The van der Waals surface area contributed by atoms with Gasteiger partial charge in [-0.05, 0) is 55.9 Å². The fourth-order valence-corrected chi connectivity index (χ4v) is 2.80. The number of hydrogen-bond acceptors (Lipinski definition) is 2. The van der Waals surface area contributed by atoms with E-state index in [4.69, 9.17) is 0 Å². The number of likely N-dealkylation sites (tertiary alicyclic amines) is 1. The molecule has 1 aliphatic rings. The highest BCUT2D eigenvalue weighted by atomic mass is 79.9. The van der Waals surface area contributed by atoms with E-state index in [1.807, 2.05) is 16.8 Å². The van der Waals surface area contributed by atoms with Crippen LogP contribution >= 0.6 is 15.9 Å². The van der Waals surface area contributed by atoms with Gasteiger partial charge in [0.1, 0.15) is 5.69 Å². The van der Waals surface area contributed by atoms with Crippen molar-refractivity contribution in [2.24, 2.45) is 0 Å². The van der Waals surface area contributed by atoms with Gasteiger partial charge < -0.3 is 14.8 Å². The van der Waals surface area contributed by atoms with Gasteiger partial charge in [0.15, 0.2) is 0 Å². The maximum Gasteiger partial charge on any atom is 0.268 e. The molecule has 2 rings (SSSR count). The molecule has 0 aromatic carbocycles. The first-order chi connectivity index (χ1) is 8.47. The minimum Gasteiger partial charge on any atom is -0.347 e. The van der Waals surface area contributed by atoms with Crippen LogP contribution in [-0.4, -0.2) is 41.6 Å². The van der Waals surface area contributed by atoms with Crippen LogP contribution in [0.15, 0.2) is 16.7 Å². The van der Waals surface area contributed by atoms with E-state index in [9.17, 15) is 4.79 Å². The average molecular weight is 314 g/mol. The van der Waals surface area contributed by atoms with Crippen LogP contribution in [0.2, 0.25) is 0 Å². The Bertz CT molecular complexity index is 441. The standard InChI is InChI=1S/C13H20BrN3O/c1-9(2)17-7-10(14)6-12(17)13(18)15-11-4-5-16(3)8-11/h6-7,9,11H,4-5,8H2,1-3H3,(H,15,18). The van der Waals surface area contributed by atoms with E-state index in [-0.39, 0.29) is 18.0 Å². The van der Waals surface area contributed by atoms with E-state index in [1.54, 1.807) is 0 Å². The van der Waals surface area contributed by atoms with Gasteiger partial charge in [0.05, 0.1) is 0 Å². The van der Waals surface area contributed by atoms with Gasteiger partial charge in [0, 0.05) is 29.3 Å². The number of carbonyl (C=O) groups is 1. The molecule has 1 atom stereocenters. The van der Waals surface area contributed by atoms with Crippen molar-refractivity contribution in [2.45, 2.75) is 32.4 Å². The first-order valence-corrected chi connectivity index (χ1v) is 7.13. The fraction of sp³-hybridized carbons (Fsp3) is 0.615. The third-order valence-electron chi connectivity index (χ3n) is 3.33. The summed E-state index contributed by atoms with van der Waals surface area (Å²) in [5, 5.41) is 3.11.